The molecule has 0 unspecified atom stereocenters. The summed E-state index contributed by atoms with van der Waals surface area (Å²) >= 11 is 3.56. The Hall–Kier alpha value is -0.0500. The molecule has 1 aromatic carbocycles. The van der Waals surface area contributed by atoms with E-state index in [1.807, 2.05) is 0 Å². The fourth-order valence-corrected chi connectivity index (χ4v) is 1.91. The molecule has 1 aliphatic rings. The highest BCUT2D eigenvalue weighted by Gasteiger charge is 2.17. The maximum Gasteiger partial charge on any atom is 0.0207 e. The Balaban J connectivity index is 0.000000845. The van der Waals surface area contributed by atoms with Crippen LogP contribution in [0.1, 0.15) is 5.56 Å². The summed E-state index contributed by atoms with van der Waals surface area (Å²) in [6, 6.07) is 8.47. The van der Waals surface area contributed by atoms with Crippen LogP contribution in [-0.4, -0.2) is 13.1 Å². The molecule has 0 bridgehead atoms. The molecule has 0 amide bonds. The van der Waals surface area contributed by atoms with Crippen LogP contribution in [0.25, 0.3) is 0 Å². The maximum absolute atomic E-state index is 3.56. The Kier molecular flexibility index (Phi) is 4.23. The predicted octanol–water partition coefficient (Wildman–Crippen LogP) is 2.63. The van der Waals surface area contributed by atoms with Gasteiger partial charge in [-0.25, -0.2) is 0 Å². The van der Waals surface area contributed by atoms with Gasteiger partial charge >= 0.3 is 0 Å². The van der Waals surface area contributed by atoms with Crippen molar-refractivity contribution < 1.29 is 0 Å². The van der Waals surface area contributed by atoms with Crippen molar-refractivity contribution >= 4 is 28.3 Å². The molecule has 2 rings (SSSR count). The summed E-state index contributed by atoms with van der Waals surface area (Å²) in [7, 11) is 0. The monoisotopic (exact) mass is 261 g/mol. The Morgan fingerprint density at radius 2 is 2.00 bits per heavy atom. The van der Waals surface area contributed by atoms with Crippen LogP contribution in [0, 0.1) is 5.92 Å². The Morgan fingerprint density at radius 3 is 2.54 bits per heavy atom. The number of hydrogen-bond donors (Lipinski definition) is 1. The molecule has 1 heterocycles. The SMILES string of the molecule is Brc1ccccc1CC1CNC1.Cl. The van der Waals surface area contributed by atoms with Crippen LogP contribution in [0.15, 0.2) is 28.7 Å². The first-order valence-electron chi connectivity index (χ1n) is 4.30. The molecule has 13 heavy (non-hydrogen) atoms. The highest BCUT2D eigenvalue weighted by atomic mass is 79.9. The van der Waals surface area contributed by atoms with E-state index in [0.29, 0.717) is 0 Å². The van der Waals surface area contributed by atoms with E-state index in [-0.39, 0.29) is 12.4 Å². The van der Waals surface area contributed by atoms with Crippen LogP contribution in [0.4, 0.5) is 0 Å². The fourth-order valence-electron chi connectivity index (χ4n) is 1.47. The second-order valence-corrected chi connectivity index (χ2v) is 4.17. The van der Waals surface area contributed by atoms with E-state index in [2.05, 4.69) is 45.5 Å². The van der Waals surface area contributed by atoms with Crippen molar-refractivity contribution in [1.29, 1.82) is 0 Å². The van der Waals surface area contributed by atoms with Gasteiger partial charge in [-0.15, -0.1) is 12.4 Å². The van der Waals surface area contributed by atoms with E-state index in [0.717, 1.165) is 5.92 Å². The van der Waals surface area contributed by atoms with Gasteiger partial charge in [-0.05, 0) is 37.1 Å². The molecule has 1 nitrogen and oxygen atoms in total. The molecule has 0 atom stereocenters. The van der Waals surface area contributed by atoms with Crippen molar-refractivity contribution in [2.75, 3.05) is 13.1 Å². The molecule has 1 saturated heterocycles. The van der Waals surface area contributed by atoms with E-state index < -0.39 is 0 Å². The van der Waals surface area contributed by atoms with Gasteiger partial charge < -0.3 is 5.32 Å². The van der Waals surface area contributed by atoms with Crippen molar-refractivity contribution in [2.45, 2.75) is 6.42 Å². The molecule has 1 N–H and O–H groups in total. The van der Waals surface area contributed by atoms with Crippen LogP contribution in [0.5, 0.6) is 0 Å². The van der Waals surface area contributed by atoms with Gasteiger partial charge in [0, 0.05) is 4.47 Å². The third-order valence-corrected chi connectivity index (χ3v) is 3.11. The van der Waals surface area contributed by atoms with Crippen molar-refractivity contribution in [1.82, 2.24) is 5.32 Å². The molecule has 0 spiro atoms. The van der Waals surface area contributed by atoms with Gasteiger partial charge in [-0.1, -0.05) is 34.1 Å². The molecule has 0 saturated carbocycles. The third kappa shape index (κ3) is 2.70. The molecule has 0 aromatic heterocycles. The lowest BCUT2D eigenvalue weighted by molar-refractivity contribution is 0.346. The Bertz CT molecular complexity index is 273. The number of rotatable bonds is 2. The average Bonchev–Trinajstić information content (AvgIpc) is 2.00. The van der Waals surface area contributed by atoms with E-state index in [1.54, 1.807) is 0 Å². The smallest absolute Gasteiger partial charge is 0.0207 e. The van der Waals surface area contributed by atoms with Gasteiger partial charge in [-0.2, -0.15) is 0 Å². The molecule has 1 aliphatic heterocycles. The molecular formula is C10H13BrClN. The molecule has 0 aliphatic carbocycles. The predicted molar refractivity (Wildman–Crippen MR) is 61.5 cm³/mol. The topological polar surface area (TPSA) is 12.0 Å². The van der Waals surface area contributed by atoms with E-state index in [4.69, 9.17) is 0 Å². The minimum atomic E-state index is 0. The first kappa shape index (κ1) is 11.0. The van der Waals surface area contributed by atoms with E-state index >= 15 is 0 Å². The van der Waals surface area contributed by atoms with Crippen molar-refractivity contribution in [3.8, 4) is 0 Å². The van der Waals surface area contributed by atoms with Crippen LogP contribution >= 0.6 is 28.3 Å². The maximum atomic E-state index is 3.56. The normalized spacial score (nSPS) is 16.1. The van der Waals surface area contributed by atoms with E-state index in [9.17, 15) is 0 Å². The van der Waals surface area contributed by atoms with Gasteiger partial charge in [0.05, 0.1) is 0 Å². The molecule has 0 radical (unpaired) electrons. The van der Waals surface area contributed by atoms with Crippen LogP contribution < -0.4 is 5.32 Å². The fraction of sp³-hybridized carbons (Fsp3) is 0.400. The Labute approximate surface area is 93.5 Å². The van der Waals surface area contributed by atoms with Crippen LogP contribution in [0.2, 0.25) is 0 Å². The summed E-state index contributed by atoms with van der Waals surface area (Å²) in [5, 5.41) is 3.29. The van der Waals surface area contributed by atoms with Gasteiger partial charge in [0.1, 0.15) is 0 Å². The first-order chi connectivity index (χ1) is 5.86. The van der Waals surface area contributed by atoms with Crippen LogP contribution in [-0.2, 0) is 6.42 Å². The van der Waals surface area contributed by atoms with Crippen molar-refractivity contribution in [3.05, 3.63) is 34.3 Å². The quantitative estimate of drug-likeness (QED) is 0.864. The first-order valence-corrected chi connectivity index (χ1v) is 5.09. The standard InChI is InChI=1S/C10H12BrN.ClH/c11-10-4-2-1-3-9(10)5-8-6-12-7-8;/h1-4,8,12H,5-7H2;1H. The summed E-state index contributed by atoms with van der Waals surface area (Å²) in [5.74, 6) is 0.851. The molecule has 1 fully saturated rings. The largest absolute Gasteiger partial charge is 0.316 e. The minimum absolute atomic E-state index is 0. The summed E-state index contributed by atoms with van der Waals surface area (Å²) < 4.78 is 1.25. The lowest BCUT2D eigenvalue weighted by Gasteiger charge is -2.27. The summed E-state index contributed by atoms with van der Waals surface area (Å²) in [4.78, 5) is 0. The van der Waals surface area contributed by atoms with Gasteiger partial charge in [0.15, 0.2) is 0 Å². The van der Waals surface area contributed by atoms with Gasteiger partial charge in [-0.3, -0.25) is 0 Å². The second-order valence-electron chi connectivity index (χ2n) is 3.32. The second kappa shape index (κ2) is 4.99. The highest BCUT2D eigenvalue weighted by Crippen LogP contribution is 2.20. The number of hydrogen-bond acceptors (Lipinski definition) is 1. The molecular weight excluding hydrogens is 249 g/mol. The van der Waals surface area contributed by atoms with E-state index in [1.165, 1.54) is 29.5 Å². The van der Waals surface area contributed by atoms with Crippen LogP contribution in [0.3, 0.4) is 0 Å². The lowest BCUT2D eigenvalue weighted by Crippen LogP contribution is -2.43. The molecule has 3 heteroatoms. The summed E-state index contributed by atoms with van der Waals surface area (Å²) in [6.45, 7) is 2.36. The zero-order valence-electron chi connectivity index (χ0n) is 7.29. The molecule has 1 aromatic rings. The van der Waals surface area contributed by atoms with Gasteiger partial charge in [0.25, 0.3) is 0 Å². The van der Waals surface area contributed by atoms with Gasteiger partial charge in [0.2, 0.25) is 0 Å². The highest BCUT2D eigenvalue weighted by molar-refractivity contribution is 9.10. The zero-order chi connectivity index (χ0) is 8.39. The number of halogens is 2. The summed E-state index contributed by atoms with van der Waals surface area (Å²) in [5.41, 5.74) is 1.43. The summed E-state index contributed by atoms with van der Waals surface area (Å²) in [6.07, 6.45) is 1.20. The third-order valence-electron chi connectivity index (χ3n) is 2.33. The average molecular weight is 263 g/mol. The number of benzene rings is 1. The van der Waals surface area contributed by atoms with Crippen molar-refractivity contribution in [3.63, 3.8) is 0 Å². The Morgan fingerprint density at radius 1 is 1.31 bits per heavy atom. The minimum Gasteiger partial charge on any atom is -0.316 e. The lowest BCUT2D eigenvalue weighted by atomic mass is 9.94. The zero-order valence-corrected chi connectivity index (χ0v) is 9.70. The number of nitrogens with one attached hydrogen (secondary N) is 1. The molecule has 72 valence electrons. The van der Waals surface area contributed by atoms with Crippen molar-refractivity contribution in [2.24, 2.45) is 5.92 Å².